The van der Waals surface area contributed by atoms with Crippen LogP contribution in [0.1, 0.15) is 44.0 Å². The van der Waals surface area contributed by atoms with Gasteiger partial charge in [-0.1, -0.05) is 37.3 Å². The van der Waals surface area contributed by atoms with E-state index in [1.165, 1.54) is 16.2 Å². The molecule has 2 heterocycles. The fourth-order valence-electron chi connectivity index (χ4n) is 3.32. The Labute approximate surface area is 178 Å². The van der Waals surface area contributed by atoms with Crippen LogP contribution in [0.25, 0.3) is 0 Å². The number of carbonyl (C=O) groups excluding carboxylic acids is 3. The van der Waals surface area contributed by atoms with Crippen molar-refractivity contribution in [3.63, 3.8) is 0 Å². The summed E-state index contributed by atoms with van der Waals surface area (Å²) in [6.07, 6.45) is 2.67. The zero-order valence-electron chi connectivity index (χ0n) is 16.8. The summed E-state index contributed by atoms with van der Waals surface area (Å²) in [5.41, 5.74) is 1.16. The smallest absolute Gasteiger partial charge is 0.323 e. The van der Waals surface area contributed by atoms with Crippen LogP contribution in [0.5, 0.6) is 0 Å². The van der Waals surface area contributed by atoms with Crippen LogP contribution in [0.15, 0.2) is 24.3 Å². The van der Waals surface area contributed by atoms with Crippen LogP contribution in [-0.4, -0.2) is 40.6 Å². The van der Waals surface area contributed by atoms with Crippen LogP contribution >= 0.6 is 11.3 Å². The minimum Gasteiger partial charge on any atom is -0.326 e. The monoisotopic (exact) mass is 428 g/mol. The molecule has 0 unspecified atom stereocenters. The Morgan fingerprint density at radius 3 is 2.77 bits per heavy atom. The van der Waals surface area contributed by atoms with Crippen LogP contribution in [0.4, 0.5) is 21.3 Å². The molecular weight excluding hydrogens is 404 g/mol. The molecule has 0 radical (unpaired) electrons. The number of benzene rings is 1. The van der Waals surface area contributed by atoms with Gasteiger partial charge in [0.15, 0.2) is 0 Å². The van der Waals surface area contributed by atoms with Gasteiger partial charge in [-0.15, -0.1) is 10.2 Å². The van der Waals surface area contributed by atoms with Crippen LogP contribution in [0.3, 0.4) is 0 Å². The van der Waals surface area contributed by atoms with E-state index in [4.69, 9.17) is 0 Å². The number of nitrogens with zero attached hydrogens (tertiary/aromatic N) is 3. The van der Waals surface area contributed by atoms with E-state index in [9.17, 15) is 14.4 Å². The van der Waals surface area contributed by atoms with Crippen LogP contribution < -0.4 is 20.9 Å². The average Bonchev–Trinajstić information content (AvgIpc) is 3.45. The Bertz CT molecular complexity index is 971. The summed E-state index contributed by atoms with van der Waals surface area (Å²) in [6.45, 7) is 3.85. The molecule has 1 saturated carbocycles. The summed E-state index contributed by atoms with van der Waals surface area (Å²) in [5, 5.41) is 17.9. The maximum atomic E-state index is 13.0. The fourth-order valence-corrected chi connectivity index (χ4v) is 4.23. The van der Waals surface area contributed by atoms with E-state index >= 15 is 0 Å². The van der Waals surface area contributed by atoms with E-state index in [0.717, 1.165) is 17.8 Å². The molecule has 4 amide bonds. The van der Waals surface area contributed by atoms with Crippen LogP contribution in [0, 0.1) is 5.92 Å². The van der Waals surface area contributed by atoms with E-state index in [1.54, 1.807) is 24.3 Å². The Morgan fingerprint density at radius 2 is 2.03 bits per heavy atom. The number of urea groups is 1. The first-order valence-electron chi connectivity index (χ1n) is 10.0. The molecule has 1 aromatic heterocycles. The summed E-state index contributed by atoms with van der Waals surface area (Å²) >= 11 is 1.38. The lowest BCUT2D eigenvalue weighted by atomic mass is 10.0. The van der Waals surface area contributed by atoms with Gasteiger partial charge in [-0.2, -0.15) is 0 Å². The first-order chi connectivity index (χ1) is 14.4. The SMILES string of the molecule is CC(C)C[C@H](NC(=O)N1CC(=O)Nc2ccccc21)C(=O)Nc1nnc(C2CC2)s1. The summed E-state index contributed by atoms with van der Waals surface area (Å²) in [6, 6.07) is 5.82. The second-order valence-corrected chi connectivity index (χ2v) is 9.00. The van der Waals surface area contributed by atoms with E-state index in [-0.39, 0.29) is 24.3 Å². The van der Waals surface area contributed by atoms with Gasteiger partial charge in [0, 0.05) is 5.92 Å². The molecular formula is C20H24N6O3S. The molecule has 2 aromatic rings. The number of rotatable bonds is 6. The number of nitrogens with one attached hydrogen (secondary N) is 3. The highest BCUT2D eigenvalue weighted by Crippen LogP contribution is 2.42. The van der Waals surface area contributed by atoms with Gasteiger partial charge in [0.05, 0.1) is 11.4 Å². The second kappa shape index (κ2) is 8.39. The minimum atomic E-state index is -0.761. The van der Waals surface area contributed by atoms with Gasteiger partial charge in [-0.3, -0.25) is 19.8 Å². The van der Waals surface area contributed by atoms with E-state index in [2.05, 4.69) is 26.1 Å². The van der Waals surface area contributed by atoms with Crippen molar-refractivity contribution in [2.24, 2.45) is 5.92 Å². The molecule has 30 heavy (non-hydrogen) atoms. The third kappa shape index (κ3) is 4.59. The highest BCUT2D eigenvalue weighted by atomic mass is 32.1. The Kier molecular flexibility index (Phi) is 5.67. The van der Waals surface area contributed by atoms with Crippen molar-refractivity contribution in [2.75, 3.05) is 22.1 Å². The normalized spacial score (nSPS) is 16.6. The van der Waals surface area contributed by atoms with Crippen LogP contribution in [-0.2, 0) is 9.59 Å². The first-order valence-corrected chi connectivity index (χ1v) is 10.8. The zero-order chi connectivity index (χ0) is 21.3. The average molecular weight is 429 g/mol. The van der Waals surface area contributed by atoms with Gasteiger partial charge >= 0.3 is 6.03 Å². The van der Waals surface area contributed by atoms with Crippen molar-refractivity contribution < 1.29 is 14.4 Å². The number of anilines is 3. The molecule has 10 heteroatoms. The molecule has 1 aliphatic heterocycles. The van der Waals surface area contributed by atoms with Gasteiger partial charge in [0.1, 0.15) is 17.6 Å². The molecule has 0 spiro atoms. The van der Waals surface area contributed by atoms with Gasteiger partial charge in [-0.25, -0.2) is 4.79 Å². The molecule has 1 fully saturated rings. The molecule has 0 saturated heterocycles. The van der Waals surface area contributed by atoms with Crippen molar-refractivity contribution in [3.05, 3.63) is 29.3 Å². The highest BCUT2D eigenvalue weighted by molar-refractivity contribution is 7.15. The molecule has 9 nitrogen and oxygen atoms in total. The molecule has 1 aromatic carbocycles. The largest absolute Gasteiger partial charge is 0.326 e. The number of para-hydroxylation sites is 2. The molecule has 158 valence electrons. The van der Waals surface area contributed by atoms with E-state index in [1.807, 2.05) is 13.8 Å². The van der Waals surface area contributed by atoms with Crippen molar-refractivity contribution >= 4 is 45.7 Å². The zero-order valence-corrected chi connectivity index (χ0v) is 17.7. The predicted molar refractivity (Wildman–Crippen MR) is 115 cm³/mol. The molecule has 1 aliphatic carbocycles. The van der Waals surface area contributed by atoms with Crippen molar-refractivity contribution in [1.82, 2.24) is 15.5 Å². The Hall–Kier alpha value is -3.01. The standard InChI is InChI=1S/C20H24N6O3S/c1-11(2)9-14(17(28)23-19-25-24-18(30-19)12-7-8-12)22-20(29)26-10-16(27)21-13-5-3-4-6-15(13)26/h3-6,11-12,14H,7-10H2,1-2H3,(H,21,27)(H,22,29)(H,23,25,28)/t14-/m0/s1. The maximum Gasteiger partial charge on any atom is 0.323 e. The number of amides is 4. The quantitative estimate of drug-likeness (QED) is 0.654. The molecule has 1 atom stereocenters. The summed E-state index contributed by atoms with van der Waals surface area (Å²) in [5.74, 6) is 0.0135. The summed E-state index contributed by atoms with van der Waals surface area (Å²) in [7, 11) is 0. The van der Waals surface area contributed by atoms with Gasteiger partial charge < -0.3 is 10.6 Å². The maximum absolute atomic E-state index is 13.0. The van der Waals surface area contributed by atoms with Crippen molar-refractivity contribution in [3.8, 4) is 0 Å². The summed E-state index contributed by atoms with van der Waals surface area (Å²) in [4.78, 5) is 39.2. The number of hydrogen-bond donors (Lipinski definition) is 3. The third-order valence-corrected chi connectivity index (χ3v) is 5.94. The summed E-state index contributed by atoms with van der Waals surface area (Å²) < 4.78 is 0. The lowest BCUT2D eigenvalue weighted by molar-refractivity contribution is -0.118. The van der Waals surface area contributed by atoms with Gasteiger partial charge in [0.25, 0.3) is 0 Å². The molecule has 2 aliphatic rings. The minimum absolute atomic E-state index is 0.111. The topological polar surface area (TPSA) is 116 Å². The number of hydrogen-bond acceptors (Lipinski definition) is 6. The number of carbonyl (C=O) groups is 3. The predicted octanol–water partition coefficient (Wildman–Crippen LogP) is 2.94. The second-order valence-electron chi connectivity index (χ2n) is 7.99. The Morgan fingerprint density at radius 1 is 1.27 bits per heavy atom. The number of aromatic nitrogens is 2. The van der Waals surface area contributed by atoms with Gasteiger partial charge in [0.2, 0.25) is 16.9 Å². The molecule has 3 N–H and O–H groups in total. The molecule has 4 rings (SSSR count). The number of fused-ring (bicyclic) bond motifs is 1. The van der Waals surface area contributed by atoms with Gasteiger partial charge in [-0.05, 0) is 37.3 Å². The highest BCUT2D eigenvalue weighted by Gasteiger charge is 2.31. The Balaban J connectivity index is 1.47. The first kappa shape index (κ1) is 20.3. The van der Waals surface area contributed by atoms with E-state index < -0.39 is 12.1 Å². The third-order valence-electron chi connectivity index (χ3n) is 4.93. The molecule has 0 bridgehead atoms. The fraction of sp³-hybridized carbons (Fsp3) is 0.450. The van der Waals surface area contributed by atoms with Crippen molar-refractivity contribution in [1.29, 1.82) is 0 Å². The van der Waals surface area contributed by atoms with Crippen LogP contribution in [0.2, 0.25) is 0 Å². The van der Waals surface area contributed by atoms with E-state index in [0.29, 0.717) is 28.8 Å². The van der Waals surface area contributed by atoms with Crippen molar-refractivity contribution in [2.45, 2.75) is 45.1 Å². The lowest BCUT2D eigenvalue weighted by Gasteiger charge is -2.30. The lowest BCUT2D eigenvalue weighted by Crippen LogP contribution is -2.53.